The Labute approximate surface area is 168 Å². The number of ether oxygens (including phenoxy) is 1. The molecule has 0 bridgehead atoms. The van der Waals surface area contributed by atoms with Gasteiger partial charge < -0.3 is 9.64 Å². The molecule has 1 heterocycles. The summed E-state index contributed by atoms with van der Waals surface area (Å²) >= 11 is 7.54. The van der Waals surface area contributed by atoms with Crippen molar-refractivity contribution in [2.24, 2.45) is 0 Å². The highest BCUT2D eigenvalue weighted by Crippen LogP contribution is 2.34. The van der Waals surface area contributed by atoms with E-state index in [1.807, 2.05) is 73.6 Å². The van der Waals surface area contributed by atoms with Gasteiger partial charge in [-0.25, -0.2) is 4.98 Å². The molecular weight excluding hydrogens is 380 g/mol. The second kappa shape index (κ2) is 9.13. The van der Waals surface area contributed by atoms with Crippen LogP contribution in [0.5, 0.6) is 0 Å². The Hall–Kier alpha value is -2.21. The van der Waals surface area contributed by atoms with Gasteiger partial charge in [0, 0.05) is 27.6 Å². The molecule has 0 amide bonds. The van der Waals surface area contributed by atoms with E-state index in [1.165, 1.54) is 11.3 Å². The minimum absolute atomic E-state index is 0.204. The summed E-state index contributed by atoms with van der Waals surface area (Å²) in [7, 11) is 3.89. The molecule has 3 rings (SSSR count). The zero-order chi connectivity index (χ0) is 19.2. The van der Waals surface area contributed by atoms with Gasteiger partial charge in [-0.2, -0.15) is 0 Å². The van der Waals surface area contributed by atoms with Crippen LogP contribution in [0, 0.1) is 0 Å². The molecule has 27 heavy (non-hydrogen) atoms. The number of hydrogen-bond acceptors (Lipinski definition) is 5. The van der Waals surface area contributed by atoms with Gasteiger partial charge in [-0.15, -0.1) is 11.3 Å². The first-order chi connectivity index (χ1) is 13.0. The molecule has 6 heteroatoms. The van der Waals surface area contributed by atoms with E-state index in [0.717, 1.165) is 26.7 Å². The Morgan fingerprint density at radius 2 is 1.78 bits per heavy atom. The van der Waals surface area contributed by atoms with Gasteiger partial charge in [0.2, 0.25) is 0 Å². The lowest BCUT2D eigenvalue weighted by Crippen LogP contribution is -2.20. The van der Waals surface area contributed by atoms with E-state index in [1.54, 1.807) is 0 Å². The van der Waals surface area contributed by atoms with E-state index in [-0.39, 0.29) is 12.4 Å². The number of thiazole rings is 1. The van der Waals surface area contributed by atoms with Crippen molar-refractivity contribution in [3.63, 3.8) is 0 Å². The van der Waals surface area contributed by atoms with E-state index in [2.05, 4.69) is 0 Å². The van der Waals surface area contributed by atoms with E-state index in [9.17, 15) is 4.79 Å². The summed E-state index contributed by atoms with van der Waals surface area (Å²) in [5.74, 6) is -0.240. The molecule has 1 aromatic heterocycles. The van der Waals surface area contributed by atoms with Crippen molar-refractivity contribution in [1.29, 1.82) is 0 Å². The average molecular weight is 401 g/mol. The van der Waals surface area contributed by atoms with Crippen molar-refractivity contribution in [3.8, 4) is 21.8 Å². The van der Waals surface area contributed by atoms with Gasteiger partial charge in [0.1, 0.15) is 11.6 Å². The molecule has 0 saturated heterocycles. The van der Waals surface area contributed by atoms with Crippen LogP contribution in [0.1, 0.15) is 4.88 Å². The lowest BCUT2D eigenvalue weighted by molar-refractivity contribution is -0.143. The van der Waals surface area contributed by atoms with Crippen molar-refractivity contribution in [2.75, 3.05) is 27.2 Å². The molecule has 0 fully saturated rings. The largest absolute Gasteiger partial charge is 0.464 e. The van der Waals surface area contributed by atoms with E-state index in [4.69, 9.17) is 21.3 Å². The zero-order valence-corrected chi connectivity index (χ0v) is 16.9. The Morgan fingerprint density at radius 3 is 2.44 bits per heavy atom. The van der Waals surface area contributed by atoms with Crippen molar-refractivity contribution < 1.29 is 9.53 Å². The molecule has 0 spiro atoms. The Morgan fingerprint density at radius 1 is 1.07 bits per heavy atom. The highest BCUT2D eigenvalue weighted by molar-refractivity contribution is 7.15. The van der Waals surface area contributed by atoms with Crippen molar-refractivity contribution in [2.45, 2.75) is 6.42 Å². The van der Waals surface area contributed by atoms with Gasteiger partial charge in [-0.05, 0) is 26.2 Å². The van der Waals surface area contributed by atoms with Crippen LogP contribution in [0.3, 0.4) is 0 Å². The third kappa shape index (κ3) is 5.39. The van der Waals surface area contributed by atoms with Crippen LogP contribution < -0.4 is 0 Å². The molecule has 3 aromatic rings. The smallest absolute Gasteiger partial charge is 0.311 e. The predicted molar refractivity (Wildman–Crippen MR) is 111 cm³/mol. The monoisotopic (exact) mass is 400 g/mol. The van der Waals surface area contributed by atoms with Crippen LogP contribution in [-0.4, -0.2) is 43.1 Å². The summed E-state index contributed by atoms with van der Waals surface area (Å²) < 4.78 is 5.36. The van der Waals surface area contributed by atoms with Crippen LogP contribution in [0.15, 0.2) is 54.6 Å². The quantitative estimate of drug-likeness (QED) is 0.535. The summed E-state index contributed by atoms with van der Waals surface area (Å²) in [5.41, 5.74) is 2.78. The number of hydrogen-bond donors (Lipinski definition) is 0. The SMILES string of the molecule is CN(C)CCOC(=O)Cc1sc(-c2ccccc2)nc1-c1ccc(Cl)cc1. The normalized spacial score (nSPS) is 11.0. The van der Waals surface area contributed by atoms with Crippen molar-refractivity contribution in [1.82, 2.24) is 9.88 Å². The number of carbonyl (C=O) groups is 1. The number of likely N-dealkylation sites (N-methyl/N-ethyl adjacent to an activating group) is 1. The van der Waals surface area contributed by atoms with Crippen molar-refractivity contribution >= 4 is 28.9 Å². The van der Waals surface area contributed by atoms with Crippen LogP contribution >= 0.6 is 22.9 Å². The third-order valence-electron chi connectivity index (χ3n) is 3.94. The maximum atomic E-state index is 12.3. The Bertz CT molecular complexity index is 892. The molecule has 4 nitrogen and oxygen atoms in total. The number of esters is 1. The van der Waals surface area contributed by atoms with Crippen LogP contribution in [0.4, 0.5) is 0 Å². The highest BCUT2D eigenvalue weighted by atomic mass is 35.5. The second-order valence-electron chi connectivity index (χ2n) is 6.36. The van der Waals surface area contributed by atoms with Gasteiger partial charge in [-0.3, -0.25) is 4.79 Å². The van der Waals surface area contributed by atoms with Crippen LogP contribution in [0.2, 0.25) is 5.02 Å². The number of halogens is 1. The molecule has 0 aliphatic carbocycles. The molecule has 0 saturated carbocycles. The Kier molecular flexibility index (Phi) is 6.61. The van der Waals surface area contributed by atoms with Crippen molar-refractivity contribution in [3.05, 3.63) is 64.5 Å². The molecule has 0 N–H and O–H groups in total. The van der Waals surface area contributed by atoms with E-state index >= 15 is 0 Å². The first-order valence-corrected chi connectivity index (χ1v) is 9.84. The summed E-state index contributed by atoms with van der Waals surface area (Å²) in [6.45, 7) is 1.08. The minimum Gasteiger partial charge on any atom is -0.464 e. The number of rotatable bonds is 7. The molecule has 0 radical (unpaired) electrons. The lowest BCUT2D eigenvalue weighted by atomic mass is 10.1. The van der Waals surface area contributed by atoms with Gasteiger partial charge in [0.25, 0.3) is 0 Å². The fourth-order valence-corrected chi connectivity index (χ4v) is 3.73. The zero-order valence-electron chi connectivity index (χ0n) is 15.3. The molecule has 0 aliphatic rings. The number of aromatic nitrogens is 1. The Balaban J connectivity index is 1.87. The number of nitrogens with zero attached hydrogens (tertiary/aromatic N) is 2. The molecule has 0 atom stereocenters. The van der Waals surface area contributed by atoms with Crippen LogP contribution in [-0.2, 0) is 16.0 Å². The summed E-state index contributed by atoms with van der Waals surface area (Å²) in [6, 6.07) is 17.5. The first kappa shape index (κ1) is 19.5. The first-order valence-electron chi connectivity index (χ1n) is 8.64. The standard InChI is InChI=1S/C21H21ClN2O2S/c1-24(2)12-13-26-19(25)14-18-20(15-8-10-17(22)11-9-15)23-21(27-18)16-6-4-3-5-7-16/h3-11H,12-14H2,1-2H3. The van der Waals surface area contributed by atoms with Gasteiger partial charge in [0.05, 0.1) is 12.1 Å². The van der Waals surface area contributed by atoms with Gasteiger partial charge in [-0.1, -0.05) is 54.1 Å². The third-order valence-corrected chi connectivity index (χ3v) is 5.30. The summed E-state index contributed by atoms with van der Waals surface area (Å²) in [4.78, 5) is 20.0. The number of carbonyl (C=O) groups excluding carboxylic acids is 1. The maximum Gasteiger partial charge on any atom is 0.311 e. The fourth-order valence-electron chi connectivity index (χ4n) is 2.53. The summed E-state index contributed by atoms with van der Waals surface area (Å²) in [6.07, 6.45) is 0.204. The summed E-state index contributed by atoms with van der Waals surface area (Å²) in [5, 5.41) is 1.55. The molecule has 2 aromatic carbocycles. The predicted octanol–water partition coefficient (Wildman–Crippen LogP) is 4.78. The molecule has 0 unspecified atom stereocenters. The van der Waals surface area contributed by atoms with E-state index < -0.39 is 0 Å². The van der Waals surface area contributed by atoms with Gasteiger partial charge in [0.15, 0.2) is 0 Å². The minimum atomic E-state index is -0.240. The van der Waals surface area contributed by atoms with Gasteiger partial charge >= 0.3 is 5.97 Å². The molecular formula is C21H21ClN2O2S. The maximum absolute atomic E-state index is 12.3. The highest BCUT2D eigenvalue weighted by Gasteiger charge is 2.18. The molecule has 0 aliphatic heterocycles. The lowest BCUT2D eigenvalue weighted by Gasteiger charge is -2.09. The average Bonchev–Trinajstić information content (AvgIpc) is 3.06. The second-order valence-corrected chi connectivity index (χ2v) is 7.88. The molecule has 140 valence electrons. The van der Waals surface area contributed by atoms with E-state index in [0.29, 0.717) is 18.2 Å². The number of benzene rings is 2. The fraction of sp³-hybridized carbons (Fsp3) is 0.238. The van der Waals surface area contributed by atoms with Crippen LogP contribution in [0.25, 0.3) is 21.8 Å². The topological polar surface area (TPSA) is 42.4 Å².